The Bertz CT molecular complexity index is 2330. The van der Waals surface area contributed by atoms with E-state index in [2.05, 4.69) is 165 Å². The van der Waals surface area contributed by atoms with E-state index in [1.54, 1.807) is 0 Å². The van der Waals surface area contributed by atoms with Gasteiger partial charge in [0.2, 0.25) is 0 Å². The molecule has 252 valence electrons. The molecule has 0 saturated carbocycles. The maximum atomic E-state index is 6.56. The van der Waals surface area contributed by atoms with Gasteiger partial charge in [-0.3, -0.25) is 0 Å². The number of benzene rings is 5. The van der Waals surface area contributed by atoms with Gasteiger partial charge in [-0.25, -0.2) is 4.98 Å². The van der Waals surface area contributed by atoms with Gasteiger partial charge in [-0.05, 0) is 63.7 Å². The van der Waals surface area contributed by atoms with Crippen LogP contribution in [0, 0.1) is 12.1 Å². The van der Waals surface area contributed by atoms with Crippen LogP contribution < -0.4 is 14.5 Å². The summed E-state index contributed by atoms with van der Waals surface area (Å²) in [4.78, 5) is 9.53. The van der Waals surface area contributed by atoms with E-state index in [9.17, 15) is 0 Å². The van der Waals surface area contributed by atoms with Gasteiger partial charge < -0.3 is 19.1 Å². The van der Waals surface area contributed by atoms with Crippen LogP contribution in [0.1, 0.15) is 52.7 Å². The summed E-state index contributed by atoms with van der Waals surface area (Å²) >= 11 is 0. The molecule has 7 aromatic rings. The quantitative estimate of drug-likeness (QED) is 0.162. The first kappa shape index (κ1) is 33.6. The number of rotatable bonds is 5. The van der Waals surface area contributed by atoms with Crippen molar-refractivity contribution in [2.24, 2.45) is 0 Å². The average Bonchev–Trinajstić information content (AvgIpc) is 3.64. The molecule has 3 heterocycles. The number of nitrogens with zero attached hydrogens (tertiary/aromatic N) is 4. The predicted octanol–water partition coefficient (Wildman–Crippen LogP) is 11.4. The van der Waals surface area contributed by atoms with Crippen molar-refractivity contribution < 1.29 is 25.8 Å². The SMILES string of the molecule is CC(C)(C)c1ccnc(-n2c3[c-]c(Oc4[c-]c(N5CN(c6ccccc6)c6ccccc65)ccc4)ccc3c3cccc(C(C)(C)C)c32)c1.[Pt+2]. The molecule has 50 heavy (non-hydrogen) atoms. The smallest absolute Gasteiger partial charge is 0.509 e. The second-order valence-electron chi connectivity index (χ2n) is 14.8. The van der Waals surface area contributed by atoms with E-state index in [1.165, 1.54) is 22.2 Å². The number of para-hydroxylation sites is 4. The summed E-state index contributed by atoms with van der Waals surface area (Å²) in [6, 6.07) is 47.4. The number of fused-ring (bicyclic) bond motifs is 4. The Kier molecular flexibility index (Phi) is 8.60. The molecule has 5 nitrogen and oxygen atoms in total. The Morgan fingerprint density at radius 1 is 0.640 bits per heavy atom. The largest absolute Gasteiger partial charge is 2.00 e. The fourth-order valence-corrected chi connectivity index (χ4v) is 6.89. The van der Waals surface area contributed by atoms with E-state index in [4.69, 9.17) is 9.72 Å². The zero-order chi connectivity index (χ0) is 33.9. The van der Waals surface area contributed by atoms with Crippen LogP contribution in [0.15, 0.2) is 121 Å². The molecule has 0 atom stereocenters. The van der Waals surface area contributed by atoms with Crippen molar-refractivity contribution in [1.29, 1.82) is 0 Å². The second kappa shape index (κ2) is 12.8. The van der Waals surface area contributed by atoms with Gasteiger partial charge in [0.05, 0.1) is 18.0 Å². The molecule has 0 radical (unpaired) electrons. The third-order valence-corrected chi connectivity index (χ3v) is 9.40. The molecule has 0 saturated heterocycles. The van der Waals surface area contributed by atoms with Gasteiger partial charge in [0.1, 0.15) is 5.82 Å². The molecule has 2 aromatic heterocycles. The second-order valence-corrected chi connectivity index (χ2v) is 14.8. The van der Waals surface area contributed by atoms with Gasteiger partial charge >= 0.3 is 21.1 Å². The molecule has 0 bridgehead atoms. The molecular weight excluding hydrogens is 796 g/mol. The van der Waals surface area contributed by atoms with Crippen LogP contribution in [-0.2, 0) is 31.9 Å². The van der Waals surface area contributed by atoms with Crippen molar-refractivity contribution in [3.63, 3.8) is 0 Å². The topological polar surface area (TPSA) is 33.5 Å². The molecule has 1 aliphatic rings. The van der Waals surface area contributed by atoms with Crippen molar-refractivity contribution >= 4 is 44.6 Å². The van der Waals surface area contributed by atoms with Crippen molar-refractivity contribution in [2.75, 3.05) is 16.5 Å². The van der Waals surface area contributed by atoms with E-state index in [-0.39, 0.29) is 31.9 Å². The predicted molar refractivity (Wildman–Crippen MR) is 202 cm³/mol. The van der Waals surface area contributed by atoms with Crippen molar-refractivity contribution in [3.8, 4) is 17.3 Å². The molecule has 0 fully saturated rings. The van der Waals surface area contributed by atoms with Crippen LogP contribution in [0.4, 0.5) is 22.7 Å². The standard InChI is InChI=1S/C44H40N4O.Pt/c1-43(2,3)30-24-25-45-41(26-30)48-40-28-34(22-23-35(40)36-18-13-19-37(42(36)48)44(4,5)6)49-33-17-12-16-32(27-33)47-29-46(31-14-8-7-9-15-31)38-20-10-11-21-39(38)47;/h7-26H,29H2,1-6H3;/q-2;+2. The normalized spacial score (nSPS) is 13.1. The number of hydrogen-bond donors (Lipinski definition) is 0. The molecule has 6 heteroatoms. The Hall–Kier alpha value is -4.86. The number of hydrogen-bond acceptors (Lipinski definition) is 4. The number of pyridine rings is 1. The molecule has 0 N–H and O–H groups in total. The number of ether oxygens (including phenoxy) is 1. The summed E-state index contributed by atoms with van der Waals surface area (Å²) in [5.41, 5.74) is 8.88. The minimum atomic E-state index is -0.0771. The molecule has 0 aliphatic carbocycles. The maximum absolute atomic E-state index is 6.56. The van der Waals surface area contributed by atoms with Gasteiger partial charge in [0, 0.05) is 28.9 Å². The van der Waals surface area contributed by atoms with Crippen molar-refractivity contribution in [3.05, 3.63) is 145 Å². The first-order valence-electron chi connectivity index (χ1n) is 16.9. The summed E-state index contributed by atoms with van der Waals surface area (Å²) in [5.74, 6) is 2.14. The van der Waals surface area contributed by atoms with Gasteiger partial charge in [-0.2, -0.15) is 12.1 Å². The summed E-state index contributed by atoms with van der Waals surface area (Å²) < 4.78 is 8.83. The van der Waals surface area contributed by atoms with Gasteiger partial charge in [0.15, 0.2) is 0 Å². The Morgan fingerprint density at radius 2 is 1.34 bits per heavy atom. The molecule has 0 spiro atoms. The summed E-state index contributed by atoms with van der Waals surface area (Å²) in [6.07, 6.45) is 1.92. The van der Waals surface area contributed by atoms with Crippen LogP contribution >= 0.6 is 0 Å². The van der Waals surface area contributed by atoms with E-state index in [1.807, 2.05) is 24.4 Å². The fraction of sp³-hybridized carbons (Fsp3) is 0.205. The molecule has 0 amide bonds. The minimum absolute atomic E-state index is 0. The van der Waals surface area contributed by atoms with Gasteiger partial charge in [0.25, 0.3) is 0 Å². The third kappa shape index (κ3) is 5.98. The van der Waals surface area contributed by atoms with E-state index in [0.717, 1.165) is 39.3 Å². The monoisotopic (exact) mass is 835 g/mol. The fourth-order valence-electron chi connectivity index (χ4n) is 6.89. The minimum Gasteiger partial charge on any atom is -0.509 e. The van der Waals surface area contributed by atoms with Crippen LogP contribution in [0.5, 0.6) is 11.5 Å². The first-order valence-corrected chi connectivity index (χ1v) is 16.9. The Morgan fingerprint density at radius 3 is 2.08 bits per heavy atom. The van der Waals surface area contributed by atoms with Crippen LogP contribution in [0.3, 0.4) is 0 Å². The Labute approximate surface area is 309 Å². The van der Waals surface area contributed by atoms with Crippen molar-refractivity contribution in [2.45, 2.75) is 52.4 Å². The summed E-state index contributed by atoms with van der Waals surface area (Å²) in [6.45, 7) is 14.2. The van der Waals surface area contributed by atoms with E-state index in [0.29, 0.717) is 18.2 Å². The first-order chi connectivity index (χ1) is 23.6. The van der Waals surface area contributed by atoms with Crippen molar-refractivity contribution in [1.82, 2.24) is 9.55 Å². The van der Waals surface area contributed by atoms with E-state index < -0.39 is 0 Å². The number of aromatic nitrogens is 2. The van der Waals surface area contributed by atoms with Gasteiger partial charge in [-0.15, -0.1) is 35.7 Å². The van der Waals surface area contributed by atoms with Crippen LogP contribution in [-0.4, -0.2) is 16.2 Å². The summed E-state index contributed by atoms with van der Waals surface area (Å²) in [5, 5.41) is 2.29. The number of anilines is 4. The Balaban J connectivity index is 0.00000392. The molecule has 8 rings (SSSR count). The van der Waals surface area contributed by atoms with E-state index >= 15 is 0 Å². The maximum Gasteiger partial charge on any atom is 2.00 e. The average molecular weight is 836 g/mol. The molecular formula is C44H40N4OPt. The van der Waals surface area contributed by atoms with Gasteiger partial charge in [-0.1, -0.05) is 101 Å². The van der Waals surface area contributed by atoms with Crippen LogP contribution in [0.25, 0.3) is 27.6 Å². The molecule has 5 aromatic carbocycles. The zero-order valence-electron chi connectivity index (χ0n) is 29.3. The molecule has 1 aliphatic heterocycles. The molecule has 0 unspecified atom stereocenters. The third-order valence-electron chi connectivity index (χ3n) is 9.40. The summed E-state index contributed by atoms with van der Waals surface area (Å²) in [7, 11) is 0. The zero-order valence-corrected chi connectivity index (χ0v) is 31.5. The van der Waals surface area contributed by atoms with Crippen LogP contribution in [0.2, 0.25) is 0 Å².